The number of nitrogens with zero attached hydrogens (tertiary/aromatic N) is 3. The zero-order valence-corrected chi connectivity index (χ0v) is 22.3. The fourth-order valence-corrected chi connectivity index (χ4v) is 5.07. The van der Waals surface area contributed by atoms with Gasteiger partial charge in [-0.2, -0.15) is 0 Å². The van der Waals surface area contributed by atoms with E-state index in [4.69, 9.17) is 9.47 Å². The monoisotopic (exact) mass is 547 g/mol. The van der Waals surface area contributed by atoms with Crippen molar-refractivity contribution in [2.45, 2.75) is 18.9 Å². The number of carbonyl (C=O) groups excluding carboxylic acids is 2. The molecule has 2 N–H and O–H groups in total. The van der Waals surface area contributed by atoms with Crippen molar-refractivity contribution in [2.24, 2.45) is 0 Å². The number of nitrogens with one attached hydrogen (secondary N) is 2. The van der Waals surface area contributed by atoms with Gasteiger partial charge in [-0.3, -0.25) is 9.59 Å². The van der Waals surface area contributed by atoms with Gasteiger partial charge in [0.15, 0.2) is 12.4 Å². The number of likely N-dealkylation sites (tertiary alicyclic amines) is 1. The number of H-pyrrole nitrogens is 1. The maximum absolute atomic E-state index is 13.5. The molecular formula is C32H29N5O4. The molecule has 3 aromatic carbocycles. The highest BCUT2D eigenvalue weighted by atomic mass is 16.5. The highest BCUT2D eigenvalue weighted by molar-refractivity contribution is 6.18. The van der Waals surface area contributed by atoms with E-state index in [2.05, 4.69) is 20.3 Å². The van der Waals surface area contributed by atoms with E-state index in [1.165, 1.54) is 6.33 Å². The first kappa shape index (κ1) is 26.1. The third-order valence-electron chi connectivity index (χ3n) is 7.12. The second-order valence-electron chi connectivity index (χ2n) is 9.78. The molecule has 2 aromatic heterocycles. The molecule has 1 atom stereocenters. The Balaban J connectivity index is 1.14. The van der Waals surface area contributed by atoms with Gasteiger partial charge in [-0.25, -0.2) is 9.97 Å². The number of ether oxygens (including phenoxy) is 2. The van der Waals surface area contributed by atoms with Crippen LogP contribution in [0.1, 0.15) is 28.8 Å². The zero-order chi connectivity index (χ0) is 28.0. The molecule has 1 fully saturated rings. The molecule has 1 unspecified atom stereocenters. The summed E-state index contributed by atoms with van der Waals surface area (Å²) in [7, 11) is 0. The van der Waals surface area contributed by atoms with E-state index in [1.807, 2.05) is 65.6 Å². The standard InChI is InChI=1S/C32H29N5O4/c38-28(20-40-24-9-3-1-4-10-24)37-17-7-8-23(37)18-33-31-29-27(19-34-32(29)36-21-35-31)30(39)22-13-15-26(16-14-22)41-25-11-5-2-6-12-25/h1-6,9-16,19,21,23H,7-8,17-18,20H2,(H2,33,34,35,36). The Bertz CT molecular complexity index is 1640. The van der Waals surface area contributed by atoms with Crippen molar-refractivity contribution in [2.75, 3.05) is 25.0 Å². The van der Waals surface area contributed by atoms with Gasteiger partial charge in [-0.15, -0.1) is 0 Å². The van der Waals surface area contributed by atoms with Crippen LogP contribution in [0.2, 0.25) is 0 Å². The van der Waals surface area contributed by atoms with Crippen LogP contribution in [0.15, 0.2) is 97.5 Å². The summed E-state index contributed by atoms with van der Waals surface area (Å²) >= 11 is 0. The number of rotatable bonds is 10. The minimum absolute atomic E-state index is 0.0100. The Morgan fingerprint density at radius 3 is 2.37 bits per heavy atom. The van der Waals surface area contributed by atoms with Gasteiger partial charge in [-0.1, -0.05) is 36.4 Å². The minimum atomic E-state index is -0.156. The number of benzene rings is 3. The summed E-state index contributed by atoms with van der Waals surface area (Å²) < 4.78 is 11.5. The molecule has 5 aromatic rings. The maximum atomic E-state index is 13.5. The second-order valence-corrected chi connectivity index (χ2v) is 9.78. The van der Waals surface area contributed by atoms with Crippen LogP contribution in [0, 0.1) is 0 Å². The first-order valence-electron chi connectivity index (χ1n) is 13.6. The SMILES string of the molecule is O=C(c1ccc(Oc2ccccc2)cc1)c1c[nH]c2ncnc(NCC3CCCN3C(=O)COc3ccccc3)c12. The van der Waals surface area contributed by atoms with Crippen LogP contribution >= 0.6 is 0 Å². The lowest BCUT2D eigenvalue weighted by Crippen LogP contribution is -2.42. The van der Waals surface area contributed by atoms with Gasteiger partial charge in [-0.05, 0) is 61.4 Å². The molecule has 0 bridgehead atoms. The minimum Gasteiger partial charge on any atom is -0.484 e. The van der Waals surface area contributed by atoms with Gasteiger partial charge >= 0.3 is 0 Å². The van der Waals surface area contributed by atoms with Gasteiger partial charge in [0.25, 0.3) is 5.91 Å². The number of hydrogen-bond acceptors (Lipinski definition) is 7. The molecule has 3 heterocycles. The molecule has 0 spiro atoms. The van der Waals surface area contributed by atoms with E-state index in [9.17, 15) is 9.59 Å². The van der Waals surface area contributed by atoms with Crippen molar-refractivity contribution >= 4 is 28.5 Å². The molecule has 6 rings (SSSR count). The fraction of sp³-hybridized carbons (Fsp3) is 0.188. The van der Waals surface area contributed by atoms with Crippen molar-refractivity contribution in [1.29, 1.82) is 0 Å². The topological polar surface area (TPSA) is 109 Å². The molecule has 1 amide bonds. The van der Waals surface area contributed by atoms with Crippen LogP contribution in [0.3, 0.4) is 0 Å². The maximum Gasteiger partial charge on any atom is 0.260 e. The summed E-state index contributed by atoms with van der Waals surface area (Å²) in [6, 6.07) is 25.8. The Labute approximate surface area is 237 Å². The van der Waals surface area contributed by atoms with Crippen LogP contribution < -0.4 is 14.8 Å². The first-order valence-corrected chi connectivity index (χ1v) is 13.6. The normalized spacial score (nSPS) is 14.6. The third-order valence-corrected chi connectivity index (χ3v) is 7.12. The van der Waals surface area contributed by atoms with Crippen LogP contribution in [0.4, 0.5) is 5.82 Å². The summed E-state index contributed by atoms with van der Waals surface area (Å²) in [6.45, 7) is 1.16. The van der Waals surface area contributed by atoms with E-state index < -0.39 is 0 Å². The Kier molecular flexibility index (Phi) is 7.57. The number of ketones is 1. The Morgan fingerprint density at radius 1 is 0.902 bits per heavy atom. The lowest BCUT2D eigenvalue weighted by atomic mass is 10.0. The summed E-state index contributed by atoms with van der Waals surface area (Å²) in [5.41, 5.74) is 1.55. The van der Waals surface area contributed by atoms with Crippen molar-refractivity contribution in [3.63, 3.8) is 0 Å². The number of carbonyl (C=O) groups is 2. The Morgan fingerprint density at radius 2 is 1.61 bits per heavy atom. The summed E-state index contributed by atoms with van der Waals surface area (Å²) in [4.78, 5) is 40.2. The molecule has 9 heteroatoms. The highest BCUT2D eigenvalue weighted by Crippen LogP contribution is 2.28. The lowest BCUT2D eigenvalue weighted by Gasteiger charge is -2.25. The van der Waals surface area contributed by atoms with Crippen molar-refractivity contribution in [3.8, 4) is 17.2 Å². The van der Waals surface area contributed by atoms with Gasteiger partial charge in [0.1, 0.15) is 35.0 Å². The third kappa shape index (κ3) is 5.89. The van der Waals surface area contributed by atoms with Crippen molar-refractivity contribution < 1.29 is 19.1 Å². The van der Waals surface area contributed by atoms with Crippen molar-refractivity contribution in [1.82, 2.24) is 19.9 Å². The number of hydrogen-bond donors (Lipinski definition) is 2. The molecule has 41 heavy (non-hydrogen) atoms. The van der Waals surface area contributed by atoms with Gasteiger partial charge in [0.2, 0.25) is 0 Å². The van der Waals surface area contributed by atoms with Crippen LogP contribution in [-0.2, 0) is 4.79 Å². The number of anilines is 1. The fourth-order valence-electron chi connectivity index (χ4n) is 5.07. The van der Waals surface area contributed by atoms with Crippen LogP contribution in [-0.4, -0.2) is 57.3 Å². The molecule has 206 valence electrons. The molecule has 0 saturated carbocycles. The molecule has 0 radical (unpaired) electrons. The molecule has 0 aliphatic carbocycles. The summed E-state index contributed by atoms with van der Waals surface area (Å²) in [6.07, 6.45) is 4.90. The largest absolute Gasteiger partial charge is 0.484 e. The zero-order valence-electron chi connectivity index (χ0n) is 22.3. The molecule has 1 aliphatic heterocycles. The number of aromatic amines is 1. The first-order chi connectivity index (χ1) is 20.2. The number of amides is 1. The number of para-hydroxylation sites is 2. The average Bonchev–Trinajstić information content (AvgIpc) is 3.68. The van der Waals surface area contributed by atoms with Crippen molar-refractivity contribution in [3.05, 3.63) is 109 Å². The molecule has 1 aliphatic rings. The van der Waals surface area contributed by atoms with Gasteiger partial charge in [0.05, 0.1) is 10.9 Å². The number of aromatic nitrogens is 3. The lowest BCUT2D eigenvalue weighted by molar-refractivity contribution is -0.133. The van der Waals surface area contributed by atoms with Gasteiger partial charge in [0, 0.05) is 30.9 Å². The second kappa shape index (κ2) is 11.9. The number of fused-ring (bicyclic) bond motifs is 1. The van der Waals surface area contributed by atoms with Crippen LogP contribution in [0.25, 0.3) is 11.0 Å². The molecule has 1 saturated heterocycles. The predicted octanol–water partition coefficient (Wildman–Crippen LogP) is 5.46. The van der Waals surface area contributed by atoms with E-state index >= 15 is 0 Å². The Hall–Kier alpha value is -5.18. The van der Waals surface area contributed by atoms with E-state index in [0.717, 1.165) is 18.6 Å². The highest BCUT2D eigenvalue weighted by Gasteiger charge is 2.29. The quantitative estimate of drug-likeness (QED) is 0.223. The van der Waals surface area contributed by atoms with E-state index in [1.54, 1.807) is 30.5 Å². The van der Waals surface area contributed by atoms with E-state index in [-0.39, 0.29) is 24.3 Å². The average molecular weight is 548 g/mol. The summed E-state index contributed by atoms with van der Waals surface area (Å²) in [5.74, 6) is 2.37. The van der Waals surface area contributed by atoms with Crippen LogP contribution in [0.5, 0.6) is 17.2 Å². The van der Waals surface area contributed by atoms with Gasteiger partial charge < -0.3 is 24.7 Å². The predicted molar refractivity (Wildman–Crippen MR) is 155 cm³/mol. The smallest absolute Gasteiger partial charge is 0.260 e. The van der Waals surface area contributed by atoms with E-state index in [0.29, 0.717) is 52.6 Å². The molecular weight excluding hydrogens is 518 g/mol. The summed E-state index contributed by atoms with van der Waals surface area (Å²) in [5, 5.41) is 4.00. The molecule has 9 nitrogen and oxygen atoms in total.